The van der Waals surface area contributed by atoms with Crippen LogP contribution in [0.4, 0.5) is 0 Å². The number of H-pyrrole nitrogens is 1. The molecule has 1 aromatic heterocycles. The molecule has 0 bridgehead atoms. The number of amides is 2. The Morgan fingerprint density at radius 3 is 3.05 bits per heavy atom. The molecular weight excluding hydrogens is 270 g/mol. The number of aromatic nitrogens is 1. The molecule has 2 rings (SSSR count). The standard InChI is InChI=1S/C14H19N5O2/c15-7-10-6-12(18-8-10)14(21)17-3-5-19-4-1-2-11(9-19)13(16)20/h6,8,11,18H,1-5,9H2,(H2,16,20)(H,17,21)/t11-/m0/s1. The van der Waals surface area contributed by atoms with Gasteiger partial charge in [0.15, 0.2) is 0 Å². The minimum Gasteiger partial charge on any atom is -0.369 e. The second-order valence-corrected chi connectivity index (χ2v) is 5.21. The van der Waals surface area contributed by atoms with Crippen LogP contribution in [0.25, 0.3) is 0 Å². The Hall–Kier alpha value is -2.33. The number of aromatic amines is 1. The van der Waals surface area contributed by atoms with Gasteiger partial charge in [-0.15, -0.1) is 0 Å². The van der Waals surface area contributed by atoms with Crippen LogP contribution in [0.3, 0.4) is 0 Å². The van der Waals surface area contributed by atoms with E-state index in [1.165, 1.54) is 12.3 Å². The van der Waals surface area contributed by atoms with Gasteiger partial charge < -0.3 is 20.9 Å². The van der Waals surface area contributed by atoms with Crippen molar-refractivity contribution in [3.63, 3.8) is 0 Å². The molecular formula is C14H19N5O2. The van der Waals surface area contributed by atoms with E-state index in [9.17, 15) is 9.59 Å². The van der Waals surface area contributed by atoms with Gasteiger partial charge in [0.1, 0.15) is 11.8 Å². The molecule has 0 unspecified atom stereocenters. The largest absolute Gasteiger partial charge is 0.369 e. The second-order valence-electron chi connectivity index (χ2n) is 5.21. The van der Waals surface area contributed by atoms with Crippen LogP contribution in [-0.4, -0.2) is 47.9 Å². The lowest BCUT2D eigenvalue weighted by Gasteiger charge is -2.30. The maximum atomic E-state index is 11.8. The monoisotopic (exact) mass is 289 g/mol. The van der Waals surface area contributed by atoms with Gasteiger partial charge in [0.2, 0.25) is 5.91 Å². The van der Waals surface area contributed by atoms with Gasteiger partial charge >= 0.3 is 0 Å². The van der Waals surface area contributed by atoms with Crippen LogP contribution in [0.2, 0.25) is 0 Å². The van der Waals surface area contributed by atoms with Crippen LogP contribution in [0.15, 0.2) is 12.3 Å². The molecule has 2 amide bonds. The first kappa shape index (κ1) is 15.1. The zero-order valence-corrected chi connectivity index (χ0v) is 11.8. The van der Waals surface area contributed by atoms with E-state index < -0.39 is 0 Å². The molecule has 0 saturated carbocycles. The molecule has 0 aromatic carbocycles. The van der Waals surface area contributed by atoms with Crippen molar-refractivity contribution < 1.29 is 9.59 Å². The van der Waals surface area contributed by atoms with Gasteiger partial charge in [-0.3, -0.25) is 9.59 Å². The van der Waals surface area contributed by atoms with Crippen molar-refractivity contribution in [2.75, 3.05) is 26.2 Å². The predicted octanol–water partition coefficient (Wildman–Crippen LogP) is -0.187. The molecule has 4 N–H and O–H groups in total. The van der Waals surface area contributed by atoms with Crippen LogP contribution in [0, 0.1) is 17.2 Å². The number of hydrogen-bond donors (Lipinski definition) is 3. The molecule has 2 heterocycles. The third-order valence-electron chi connectivity index (χ3n) is 3.68. The number of carbonyl (C=O) groups excluding carboxylic acids is 2. The van der Waals surface area contributed by atoms with Gasteiger partial charge in [-0.25, -0.2) is 0 Å². The van der Waals surface area contributed by atoms with Crippen LogP contribution in [0.1, 0.15) is 28.9 Å². The maximum absolute atomic E-state index is 11.8. The van der Waals surface area contributed by atoms with Gasteiger partial charge in [0.05, 0.1) is 11.5 Å². The van der Waals surface area contributed by atoms with Crippen LogP contribution in [0.5, 0.6) is 0 Å². The highest BCUT2D eigenvalue weighted by atomic mass is 16.2. The summed E-state index contributed by atoms with van der Waals surface area (Å²) in [6.45, 7) is 2.75. The van der Waals surface area contributed by atoms with E-state index in [1.807, 2.05) is 6.07 Å². The molecule has 7 heteroatoms. The number of nitriles is 1. The van der Waals surface area contributed by atoms with Crippen molar-refractivity contribution in [2.24, 2.45) is 11.7 Å². The average Bonchev–Trinajstić information content (AvgIpc) is 2.96. The molecule has 1 atom stereocenters. The molecule has 1 aliphatic heterocycles. The summed E-state index contributed by atoms with van der Waals surface area (Å²) in [5.41, 5.74) is 6.14. The van der Waals surface area contributed by atoms with Gasteiger partial charge in [-0.05, 0) is 25.5 Å². The first-order valence-corrected chi connectivity index (χ1v) is 6.98. The fourth-order valence-electron chi connectivity index (χ4n) is 2.50. The lowest BCUT2D eigenvalue weighted by Crippen LogP contribution is -2.44. The van der Waals surface area contributed by atoms with Crippen molar-refractivity contribution in [3.8, 4) is 6.07 Å². The van der Waals surface area contributed by atoms with Crippen molar-refractivity contribution in [1.29, 1.82) is 5.26 Å². The average molecular weight is 289 g/mol. The minimum absolute atomic E-state index is 0.0870. The highest BCUT2D eigenvalue weighted by molar-refractivity contribution is 5.92. The third kappa shape index (κ3) is 4.07. The van der Waals surface area contributed by atoms with Gasteiger partial charge in [-0.1, -0.05) is 0 Å². The number of nitrogens with two attached hydrogens (primary N) is 1. The Morgan fingerprint density at radius 1 is 1.57 bits per heavy atom. The Labute approximate surface area is 123 Å². The molecule has 7 nitrogen and oxygen atoms in total. The van der Waals surface area contributed by atoms with Crippen molar-refractivity contribution in [1.82, 2.24) is 15.2 Å². The Kier molecular flexibility index (Phi) is 4.95. The topological polar surface area (TPSA) is 115 Å². The summed E-state index contributed by atoms with van der Waals surface area (Å²) >= 11 is 0. The van der Waals surface area contributed by atoms with E-state index in [1.54, 1.807) is 0 Å². The minimum atomic E-state index is -0.251. The summed E-state index contributed by atoms with van der Waals surface area (Å²) in [5, 5.41) is 11.5. The fraction of sp³-hybridized carbons (Fsp3) is 0.500. The van der Waals surface area contributed by atoms with Crippen LogP contribution < -0.4 is 11.1 Å². The fourth-order valence-corrected chi connectivity index (χ4v) is 2.50. The first-order valence-electron chi connectivity index (χ1n) is 6.98. The first-order chi connectivity index (χ1) is 10.1. The molecule has 21 heavy (non-hydrogen) atoms. The number of likely N-dealkylation sites (tertiary alicyclic amines) is 1. The molecule has 112 valence electrons. The van der Waals surface area contributed by atoms with Gasteiger partial charge in [0, 0.05) is 25.8 Å². The summed E-state index contributed by atoms with van der Waals surface area (Å²) in [6.07, 6.45) is 3.29. The van der Waals surface area contributed by atoms with Crippen molar-refractivity contribution >= 4 is 11.8 Å². The third-order valence-corrected chi connectivity index (χ3v) is 3.68. The summed E-state index contributed by atoms with van der Waals surface area (Å²) in [7, 11) is 0. The Bertz CT molecular complexity index is 560. The van der Waals surface area contributed by atoms with E-state index >= 15 is 0 Å². The lowest BCUT2D eigenvalue weighted by atomic mass is 9.97. The quantitative estimate of drug-likeness (QED) is 0.697. The molecule has 1 fully saturated rings. The van der Waals surface area contributed by atoms with Gasteiger partial charge in [-0.2, -0.15) is 5.26 Å². The molecule has 0 radical (unpaired) electrons. The zero-order chi connectivity index (χ0) is 15.2. The number of piperidine rings is 1. The number of hydrogen-bond acceptors (Lipinski definition) is 4. The zero-order valence-electron chi connectivity index (χ0n) is 11.8. The summed E-state index contributed by atoms with van der Waals surface area (Å²) in [4.78, 5) is 27.9. The van der Waals surface area contributed by atoms with E-state index in [4.69, 9.17) is 11.0 Å². The molecule has 0 spiro atoms. The van der Waals surface area contributed by atoms with E-state index in [0.717, 1.165) is 19.4 Å². The van der Waals surface area contributed by atoms with E-state index in [-0.39, 0.29) is 17.7 Å². The van der Waals surface area contributed by atoms with Crippen LogP contribution in [-0.2, 0) is 4.79 Å². The highest BCUT2D eigenvalue weighted by Crippen LogP contribution is 2.15. The summed E-state index contributed by atoms with van der Waals surface area (Å²) in [5.74, 6) is -0.574. The van der Waals surface area contributed by atoms with E-state index in [2.05, 4.69) is 15.2 Å². The summed E-state index contributed by atoms with van der Waals surface area (Å²) < 4.78 is 0. The Balaban J connectivity index is 1.75. The van der Waals surface area contributed by atoms with E-state index in [0.29, 0.717) is 30.9 Å². The highest BCUT2D eigenvalue weighted by Gasteiger charge is 2.23. The molecule has 1 saturated heterocycles. The number of nitrogens with zero attached hydrogens (tertiary/aromatic N) is 2. The number of carbonyl (C=O) groups is 2. The molecule has 1 aromatic rings. The van der Waals surface area contributed by atoms with Gasteiger partial charge in [0.25, 0.3) is 5.91 Å². The van der Waals surface area contributed by atoms with Crippen molar-refractivity contribution in [2.45, 2.75) is 12.8 Å². The predicted molar refractivity (Wildman–Crippen MR) is 76.2 cm³/mol. The molecule has 1 aliphatic rings. The van der Waals surface area contributed by atoms with Crippen LogP contribution >= 0.6 is 0 Å². The molecule has 0 aliphatic carbocycles. The van der Waals surface area contributed by atoms with Crippen molar-refractivity contribution in [3.05, 3.63) is 23.5 Å². The number of rotatable bonds is 5. The lowest BCUT2D eigenvalue weighted by molar-refractivity contribution is -0.123. The maximum Gasteiger partial charge on any atom is 0.267 e. The number of nitrogens with one attached hydrogen (secondary N) is 2. The second kappa shape index (κ2) is 6.90. The number of primary amides is 1. The Morgan fingerprint density at radius 2 is 2.38 bits per heavy atom. The SMILES string of the molecule is N#Cc1c[nH]c(C(=O)NCCN2CCC[C@H](C(N)=O)C2)c1. The normalized spacial score (nSPS) is 18.9. The summed E-state index contributed by atoms with van der Waals surface area (Å²) in [6, 6.07) is 3.48. The smallest absolute Gasteiger partial charge is 0.267 e.